The van der Waals surface area contributed by atoms with Crippen LogP contribution in [0.2, 0.25) is 0 Å². The fourth-order valence-corrected chi connectivity index (χ4v) is 2.65. The first kappa shape index (κ1) is 12.2. The molecule has 2 aromatic rings. The molecule has 0 bridgehead atoms. The highest BCUT2D eigenvalue weighted by Crippen LogP contribution is 2.32. The van der Waals surface area contributed by atoms with E-state index in [0.717, 1.165) is 25.3 Å². The third-order valence-corrected chi connectivity index (χ3v) is 3.68. The molecular formula is C17H19NO. The zero-order valence-corrected chi connectivity index (χ0v) is 11.5. The minimum atomic E-state index is 0.817. The molecule has 0 fully saturated rings. The van der Waals surface area contributed by atoms with Gasteiger partial charge in [-0.1, -0.05) is 18.2 Å². The average molecular weight is 253 g/mol. The Labute approximate surface area is 114 Å². The predicted octanol–water partition coefficient (Wildman–Crippen LogP) is 3.32. The summed E-state index contributed by atoms with van der Waals surface area (Å²) >= 11 is 0. The molecule has 19 heavy (non-hydrogen) atoms. The van der Waals surface area contributed by atoms with Crippen LogP contribution in [0.1, 0.15) is 16.7 Å². The Hall–Kier alpha value is -1.80. The molecule has 0 radical (unpaired) electrons. The standard InChI is InChI=1S/C17H19NO/c1-12-3-4-13(11-18-2)9-16(12)14-5-6-17-15(10-14)7-8-19-17/h3-6,9-10,18H,7-8,11H2,1-2H3. The summed E-state index contributed by atoms with van der Waals surface area (Å²) in [6.07, 6.45) is 1.03. The van der Waals surface area contributed by atoms with Gasteiger partial charge in [0.25, 0.3) is 0 Å². The highest BCUT2D eigenvalue weighted by atomic mass is 16.5. The number of aryl methyl sites for hydroxylation is 1. The van der Waals surface area contributed by atoms with Crippen LogP contribution in [0.3, 0.4) is 0 Å². The van der Waals surface area contributed by atoms with Crippen molar-refractivity contribution >= 4 is 0 Å². The first-order chi connectivity index (χ1) is 9.28. The molecule has 0 unspecified atom stereocenters. The Kier molecular flexibility index (Phi) is 3.26. The zero-order chi connectivity index (χ0) is 13.2. The lowest BCUT2D eigenvalue weighted by atomic mass is 9.96. The molecule has 1 aliphatic rings. The van der Waals surface area contributed by atoms with Crippen LogP contribution < -0.4 is 10.1 Å². The minimum Gasteiger partial charge on any atom is -0.493 e. The second-order valence-electron chi connectivity index (χ2n) is 5.10. The third-order valence-electron chi connectivity index (χ3n) is 3.68. The monoisotopic (exact) mass is 253 g/mol. The summed E-state index contributed by atoms with van der Waals surface area (Å²) in [4.78, 5) is 0. The van der Waals surface area contributed by atoms with Crippen molar-refractivity contribution in [3.05, 3.63) is 53.1 Å². The van der Waals surface area contributed by atoms with Crippen molar-refractivity contribution in [2.24, 2.45) is 0 Å². The van der Waals surface area contributed by atoms with Crippen LogP contribution >= 0.6 is 0 Å². The van der Waals surface area contributed by atoms with Gasteiger partial charge < -0.3 is 10.1 Å². The maximum absolute atomic E-state index is 5.57. The molecule has 0 amide bonds. The van der Waals surface area contributed by atoms with Crippen molar-refractivity contribution < 1.29 is 4.74 Å². The fraction of sp³-hybridized carbons (Fsp3) is 0.294. The van der Waals surface area contributed by atoms with Gasteiger partial charge >= 0.3 is 0 Å². The molecule has 2 aromatic carbocycles. The Bertz CT molecular complexity index is 604. The maximum atomic E-state index is 5.57. The predicted molar refractivity (Wildman–Crippen MR) is 78.6 cm³/mol. The molecular weight excluding hydrogens is 234 g/mol. The lowest BCUT2D eigenvalue weighted by Crippen LogP contribution is -2.05. The van der Waals surface area contributed by atoms with Crippen LogP contribution in [0.4, 0.5) is 0 Å². The van der Waals surface area contributed by atoms with E-state index in [1.807, 2.05) is 7.05 Å². The number of rotatable bonds is 3. The SMILES string of the molecule is CNCc1ccc(C)c(-c2ccc3c(c2)CCO3)c1. The van der Waals surface area contributed by atoms with E-state index in [-0.39, 0.29) is 0 Å². The Morgan fingerprint density at radius 1 is 1.16 bits per heavy atom. The van der Waals surface area contributed by atoms with Gasteiger partial charge in [-0.25, -0.2) is 0 Å². The number of ether oxygens (including phenoxy) is 1. The van der Waals surface area contributed by atoms with E-state index >= 15 is 0 Å². The highest BCUT2D eigenvalue weighted by molar-refractivity contribution is 5.70. The second kappa shape index (κ2) is 5.06. The van der Waals surface area contributed by atoms with Gasteiger partial charge in [0.05, 0.1) is 6.61 Å². The zero-order valence-electron chi connectivity index (χ0n) is 11.5. The van der Waals surface area contributed by atoms with Crippen molar-refractivity contribution in [1.82, 2.24) is 5.32 Å². The van der Waals surface area contributed by atoms with Crippen LogP contribution in [0.15, 0.2) is 36.4 Å². The molecule has 1 aliphatic heterocycles. The van der Waals surface area contributed by atoms with E-state index in [1.54, 1.807) is 0 Å². The van der Waals surface area contributed by atoms with E-state index in [4.69, 9.17) is 4.74 Å². The van der Waals surface area contributed by atoms with E-state index in [9.17, 15) is 0 Å². The van der Waals surface area contributed by atoms with Gasteiger partial charge in [-0.2, -0.15) is 0 Å². The van der Waals surface area contributed by atoms with Crippen molar-refractivity contribution in [2.75, 3.05) is 13.7 Å². The van der Waals surface area contributed by atoms with Crippen molar-refractivity contribution in [1.29, 1.82) is 0 Å². The number of nitrogens with one attached hydrogen (secondary N) is 1. The van der Waals surface area contributed by atoms with Gasteiger partial charge in [-0.15, -0.1) is 0 Å². The van der Waals surface area contributed by atoms with E-state index in [2.05, 4.69) is 48.6 Å². The molecule has 3 rings (SSSR count). The summed E-state index contributed by atoms with van der Waals surface area (Å²) in [5.41, 5.74) is 6.58. The first-order valence-corrected chi connectivity index (χ1v) is 6.78. The summed E-state index contributed by atoms with van der Waals surface area (Å²) in [7, 11) is 1.98. The van der Waals surface area contributed by atoms with E-state index in [0.29, 0.717) is 0 Å². The largest absolute Gasteiger partial charge is 0.493 e. The second-order valence-corrected chi connectivity index (χ2v) is 5.10. The number of fused-ring (bicyclic) bond motifs is 1. The van der Waals surface area contributed by atoms with Gasteiger partial charge in [0.15, 0.2) is 0 Å². The quantitative estimate of drug-likeness (QED) is 0.906. The molecule has 0 saturated heterocycles. The molecule has 1 N–H and O–H groups in total. The normalized spacial score (nSPS) is 13.2. The summed E-state index contributed by atoms with van der Waals surface area (Å²) in [5, 5.41) is 3.20. The summed E-state index contributed by atoms with van der Waals surface area (Å²) in [6.45, 7) is 3.89. The number of benzene rings is 2. The maximum Gasteiger partial charge on any atom is 0.122 e. The minimum absolute atomic E-state index is 0.817. The van der Waals surface area contributed by atoms with Gasteiger partial charge in [-0.3, -0.25) is 0 Å². The van der Waals surface area contributed by atoms with Gasteiger partial charge in [0.2, 0.25) is 0 Å². The van der Waals surface area contributed by atoms with Crippen LogP contribution in [-0.2, 0) is 13.0 Å². The molecule has 0 atom stereocenters. The first-order valence-electron chi connectivity index (χ1n) is 6.78. The molecule has 2 heteroatoms. The van der Waals surface area contributed by atoms with Gasteiger partial charge in [-0.05, 0) is 60.0 Å². The van der Waals surface area contributed by atoms with E-state index in [1.165, 1.54) is 27.8 Å². The van der Waals surface area contributed by atoms with Gasteiger partial charge in [0, 0.05) is 13.0 Å². The molecule has 0 aliphatic carbocycles. The summed E-state index contributed by atoms with van der Waals surface area (Å²) in [6, 6.07) is 13.2. The van der Waals surface area contributed by atoms with Crippen molar-refractivity contribution in [3.63, 3.8) is 0 Å². The molecule has 0 aromatic heterocycles. The smallest absolute Gasteiger partial charge is 0.122 e. The topological polar surface area (TPSA) is 21.3 Å². The summed E-state index contributed by atoms with van der Waals surface area (Å²) < 4.78 is 5.57. The van der Waals surface area contributed by atoms with Crippen molar-refractivity contribution in [3.8, 4) is 16.9 Å². The molecule has 98 valence electrons. The van der Waals surface area contributed by atoms with Crippen LogP contribution in [0, 0.1) is 6.92 Å². The van der Waals surface area contributed by atoms with Crippen LogP contribution in [0.25, 0.3) is 11.1 Å². The number of hydrogen-bond donors (Lipinski definition) is 1. The molecule has 2 nitrogen and oxygen atoms in total. The van der Waals surface area contributed by atoms with Crippen LogP contribution in [0.5, 0.6) is 5.75 Å². The lowest BCUT2D eigenvalue weighted by Gasteiger charge is -2.10. The fourth-order valence-electron chi connectivity index (χ4n) is 2.65. The lowest BCUT2D eigenvalue weighted by molar-refractivity contribution is 0.357. The average Bonchev–Trinajstić information content (AvgIpc) is 2.88. The molecule has 0 spiro atoms. The molecule has 1 heterocycles. The number of hydrogen-bond acceptors (Lipinski definition) is 2. The Morgan fingerprint density at radius 2 is 2.05 bits per heavy atom. The Balaban J connectivity index is 2.03. The molecule has 0 saturated carbocycles. The van der Waals surface area contributed by atoms with Crippen molar-refractivity contribution in [2.45, 2.75) is 19.9 Å². The summed E-state index contributed by atoms with van der Waals surface area (Å²) in [5.74, 6) is 1.05. The Morgan fingerprint density at radius 3 is 2.89 bits per heavy atom. The third kappa shape index (κ3) is 2.36. The van der Waals surface area contributed by atoms with Gasteiger partial charge in [0.1, 0.15) is 5.75 Å². The van der Waals surface area contributed by atoms with Crippen LogP contribution in [-0.4, -0.2) is 13.7 Å². The van der Waals surface area contributed by atoms with E-state index < -0.39 is 0 Å². The highest BCUT2D eigenvalue weighted by Gasteiger charge is 2.13.